The summed E-state index contributed by atoms with van der Waals surface area (Å²) >= 11 is 3.28. The Bertz CT molecular complexity index is 721. The SMILES string of the molecule is Cl.O=C(CN1C(=O)c2ccc(Br)cc2C1=O)NCC1=CCNCC1. The first-order valence-electron chi connectivity index (χ1n) is 7.37. The molecule has 3 rings (SSSR count). The molecule has 1 aromatic rings. The Kier molecular flexibility index (Phi) is 6.15. The highest BCUT2D eigenvalue weighted by Crippen LogP contribution is 2.25. The van der Waals surface area contributed by atoms with Gasteiger partial charge >= 0.3 is 0 Å². The molecule has 0 bridgehead atoms. The molecule has 2 heterocycles. The maximum Gasteiger partial charge on any atom is 0.262 e. The zero-order chi connectivity index (χ0) is 16.4. The lowest BCUT2D eigenvalue weighted by Crippen LogP contribution is -2.41. The quantitative estimate of drug-likeness (QED) is 0.578. The maximum absolute atomic E-state index is 12.3. The number of hydrogen-bond donors (Lipinski definition) is 2. The van der Waals surface area contributed by atoms with Crippen molar-refractivity contribution in [2.24, 2.45) is 0 Å². The number of rotatable bonds is 4. The van der Waals surface area contributed by atoms with Gasteiger partial charge < -0.3 is 10.6 Å². The van der Waals surface area contributed by atoms with Gasteiger partial charge in [-0.2, -0.15) is 0 Å². The highest BCUT2D eigenvalue weighted by Gasteiger charge is 2.36. The summed E-state index contributed by atoms with van der Waals surface area (Å²) in [6, 6.07) is 4.90. The lowest BCUT2D eigenvalue weighted by molar-refractivity contribution is -0.121. The van der Waals surface area contributed by atoms with Crippen LogP contribution in [0, 0.1) is 0 Å². The van der Waals surface area contributed by atoms with Gasteiger partial charge in [0.2, 0.25) is 5.91 Å². The largest absolute Gasteiger partial charge is 0.351 e. The lowest BCUT2D eigenvalue weighted by atomic mass is 10.1. The summed E-state index contributed by atoms with van der Waals surface area (Å²) in [7, 11) is 0. The van der Waals surface area contributed by atoms with Gasteiger partial charge in [0.1, 0.15) is 6.54 Å². The van der Waals surface area contributed by atoms with Crippen LogP contribution in [0.2, 0.25) is 0 Å². The van der Waals surface area contributed by atoms with Crippen LogP contribution >= 0.6 is 28.3 Å². The average molecular weight is 415 g/mol. The van der Waals surface area contributed by atoms with E-state index in [1.165, 1.54) is 0 Å². The van der Waals surface area contributed by atoms with Crippen molar-refractivity contribution in [3.8, 4) is 0 Å². The second kappa shape index (κ2) is 7.92. The van der Waals surface area contributed by atoms with Crippen LogP contribution in [0.1, 0.15) is 27.1 Å². The fourth-order valence-electron chi connectivity index (χ4n) is 2.65. The Balaban J connectivity index is 0.00000208. The fourth-order valence-corrected chi connectivity index (χ4v) is 3.01. The first-order valence-corrected chi connectivity index (χ1v) is 8.16. The molecule has 6 nitrogen and oxygen atoms in total. The molecule has 24 heavy (non-hydrogen) atoms. The highest BCUT2D eigenvalue weighted by molar-refractivity contribution is 9.10. The summed E-state index contributed by atoms with van der Waals surface area (Å²) in [6.07, 6.45) is 2.94. The van der Waals surface area contributed by atoms with Gasteiger partial charge in [0, 0.05) is 17.6 Å². The van der Waals surface area contributed by atoms with Crippen LogP contribution in [0.25, 0.3) is 0 Å². The monoisotopic (exact) mass is 413 g/mol. The summed E-state index contributed by atoms with van der Waals surface area (Å²) in [5, 5.41) is 5.97. The Morgan fingerprint density at radius 1 is 1.25 bits per heavy atom. The number of halogens is 2. The van der Waals surface area contributed by atoms with E-state index in [-0.39, 0.29) is 24.9 Å². The van der Waals surface area contributed by atoms with Crippen LogP contribution in [-0.4, -0.2) is 48.8 Å². The van der Waals surface area contributed by atoms with Crippen molar-refractivity contribution >= 4 is 46.1 Å². The fraction of sp³-hybridized carbons (Fsp3) is 0.312. The molecule has 2 aliphatic heterocycles. The van der Waals surface area contributed by atoms with E-state index < -0.39 is 11.8 Å². The van der Waals surface area contributed by atoms with Crippen LogP contribution in [0.5, 0.6) is 0 Å². The average Bonchev–Trinajstić information content (AvgIpc) is 2.78. The van der Waals surface area contributed by atoms with E-state index in [1.807, 2.05) is 6.08 Å². The molecule has 0 aromatic heterocycles. The molecular formula is C16H17BrClN3O3. The number of fused-ring (bicyclic) bond motifs is 1. The van der Waals surface area contributed by atoms with Crippen molar-refractivity contribution in [2.75, 3.05) is 26.2 Å². The number of nitrogens with zero attached hydrogens (tertiary/aromatic N) is 1. The topological polar surface area (TPSA) is 78.5 Å². The number of amides is 3. The number of benzene rings is 1. The van der Waals surface area contributed by atoms with Gasteiger partial charge in [-0.1, -0.05) is 27.6 Å². The van der Waals surface area contributed by atoms with E-state index in [2.05, 4.69) is 26.6 Å². The molecule has 0 fully saturated rings. The van der Waals surface area contributed by atoms with Crippen molar-refractivity contribution < 1.29 is 14.4 Å². The molecule has 2 aliphatic rings. The molecule has 0 aliphatic carbocycles. The molecule has 1 aromatic carbocycles. The smallest absolute Gasteiger partial charge is 0.262 e. The molecule has 3 amide bonds. The predicted molar refractivity (Wildman–Crippen MR) is 95.3 cm³/mol. The Hall–Kier alpha value is -1.70. The van der Waals surface area contributed by atoms with Gasteiger partial charge in [-0.3, -0.25) is 19.3 Å². The standard InChI is InChI=1S/C16H16BrN3O3.ClH/c17-11-1-2-12-13(7-11)16(23)20(15(12)22)9-14(21)19-8-10-3-5-18-6-4-10;/h1-3,7,18H,4-6,8-9H2,(H,19,21);1H. The normalized spacial score (nSPS) is 16.4. The molecule has 0 radical (unpaired) electrons. The minimum atomic E-state index is -0.428. The van der Waals surface area contributed by atoms with Gasteiger partial charge in [-0.25, -0.2) is 0 Å². The molecule has 128 valence electrons. The van der Waals surface area contributed by atoms with E-state index in [4.69, 9.17) is 0 Å². The van der Waals surface area contributed by atoms with E-state index in [1.54, 1.807) is 18.2 Å². The van der Waals surface area contributed by atoms with E-state index in [0.717, 1.165) is 34.5 Å². The summed E-state index contributed by atoms with van der Waals surface area (Å²) in [6.45, 7) is 1.90. The third-order valence-corrected chi connectivity index (χ3v) is 4.40. The predicted octanol–water partition coefficient (Wildman–Crippen LogP) is 1.50. The van der Waals surface area contributed by atoms with Crippen LogP contribution < -0.4 is 10.6 Å². The number of carbonyl (C=O) groups excluding carboxylic acids is 3. The first-order chi connectivity index (χ1) is 11.1. The molecule has 0 saturated heterocycles. The van der Waals surface area contributed by atoms with Crippen molar-refractivity contribution in [2.45, 2.75) is 6.42 Å². The summed E-state index contributed by atoms with van der Waals surface area (Å²) < 4.78 is 0.724. The number of nitrogens with one attached hydrogen (secondary N) is 2. The van der Waals surface area contributed by atoms with Gasteiger partial charge in [0.15, 0.2) is 0 Å². The minimum absolute atomic E-state index is 0. The van der Waals surface area contributed by atoms with Gasteiger partial charge in [-0.15, -0.1) is 12.4 Å². The first kappa shape index (κ1) is 18.6. The van der Waals surface area contributed by atoms with Gasteiger partial charge in [0.05, 0.1) is 11.1 Å². The third kappa shape index (κ3) is 3.85. The molecular weight excluding hydrogens is 398 g/mol. The highest BCUT2D eigenvalue weighted by atomic mass is 79.9. The Morgan fingerprint density at radius 2 is 2.00 bits per heavy atom. The molecule has 2 N–H and O–H groups in total. The molecule has 0 unspecified atom stereocenters. The lowest BCUT2D eigenvalue weighted by Gasteiger charge is -2.16. The second-order valence-corrected chi connectivity index (χ2v) is 6.40. The Labute approximate surface area is 154 Å². The summed E-state index contributed by atoms with van der Waals surface area (Å²) in [4.78, 5) is 37.6. The number of imide groups is 1. The minimum Gasteiger partial charge on any atom is -0.351 e. The van der Waals surface area contributed by atoms with Gasteiger partial charge in [0.25, 0.3) is 11.8 Å². The second-order valence-electron chi connectivity index (χ2n) is 5.48. The maximum atomic E-state index is 12.3. The van der Waals surface area contributed by atoms with E-state index in [9.17, 15) is 14.4 Å². The van der Waals surface area contributed by atoms with E-state index in [0.29, 0.717) is 17.7 Å². The van der Waals surface area contributed by atoms with Crippen molar-refractivity contribution in [1.29, 1.82) is 0 Å². The van der Waals surface area contributed by atoms with Gasteiger partial charge in [-0.05, 0) is 31.2 Å². The zero-order valence-electron chi connectivity index (χ0n) is 12.8. The van der Waals surface area contributed by atoms with Crippen LogP contribution in [-0.2, 0) is 4.79 Å². The number of hydrogen-bond acceptors (Lipinski definition) is 4. The summed E-state index contributed by atoms with van der Waals surface area (Å²) in [5.74, 6) is -1.19. The van der Waals surface area contributed by atoms with Crippen molar-refractivity contribution in [3.63, 3.8) is 0 Å². The Morgan fingerprint density at radius 3 is 2.71 bits per heavy atom. The summed E-state index contributed by atoms with van der Waals surface area (Å²) in [5.41, 5.74) is 1.83. The van der Waals surface area contributed by atoms with Crippen LogP contribution in [0.4, 0.5) is 0 Å². The molecule has 0 saturated carbocycles. The van der Waals surface area contributed by atoms with Crippen molar-refractivity contribution in [3.05, 3.63) is 45.4 Å². The molecule has 0 atom stereocenters. The molecule has 0 spiro atoms. The van der Waals surface area contributed by atoms with E-state index >= 15 is 0 Å². The van der Waals surface area contributed by atoms with Crippen LogP contribution in [0.15, 0.2) is 34.3 Å². The van der Waals surface area contributed by atoms with Crippen LogP contribution in [0.3, 0.4) is 0 Å². The third-order valence-electron chi connectivity index (χ3n) is 3.91. The number of carbonyl (C=O) groups is 3. The zero-order valence-corrected chi connectivity index (χ0v) is 15.2. The van der Waals surface area contributed by atoms with Crippen molar-refractivity contribution in [1.82, 2.24) is 15.5 Å². The molecule has 8 heteroatoms.